The number of allylic oxidation sites excluding steroid dienone is 1. The number of fused-ring (bicyclic) bond motifs is 1. The van der Waals surface area contributed by atoms with Crippen LogP contribution in [0, 0.1) is 0 Å². The monoisotopic (exact) mass is 374 g/mol. The maximum atomic E-state index is 5.51. The van der Waals surface area contributed by atoms with Gasteiger partial charge in [0.2, 0.25) is 0 Å². The summed E-state index contributed by atoms with van der Waals surface area (Å²) in [5.74, 6) is 0.495. The smallest absolute Gasteiger partial charge is 0.167 e. The molecule has 5 nitrogen and oxygen atoms in total. The molecule has 0 unspecified atom stereocenters. The molecule has 1 saturated heterocycles. The third-order valence-corrected chi connectivity index (χ3v) is 6.30. The number of benzene rings is 1. The first-order valence-corrected chi connectivity index (χ1v) is 10.2. The maximum absolute atomic E-state index is 5.51. The van der Waals surface area contributed by atoms with Gasteiger partial charge in [-0.3, -0.25) is 4.99 Å². The average Bonchev–Trinajstić information content (AvgIpc) is 3.32. The summed E-state index contributed by atoms with van der Waals surface area (Å²) in [4.78, 5) is 9.38. The number of likely N-dealkylation sites (tertiary alicyclic amines) is 1. The lowest BCUT2D eigenvalue weighted by Gasteiger charge is -2.34. The van der Waals surface area contributed by atoms with Crippen molar-refractivity contribution in [3.63, 3.8) is 0 Å². The standard InChI is InChI=1S/C23H26N4O/c1-16-22-17(2)27(12-9-19(22)15-24-16)14-13-26-10-7-18(8-11-26)23-20-5-3-4-6-21(20)28-25-23/h3-6,9,12,18H,2,7-8,10-11,13-15H2,1H3. The van der Waals surface area contributed by atoms with E-state index in [4.69, 9.17) is 4.52 Å². The number of nitrogens with zero attached hydrogens (tertiary/aromatic N) is 4. The van der Waals surface area contributed by atoms with Crippen molar-refractivity contribution in [3.8, 4) is 0 Å². The van der Waals surface area contributed by atoms with E-state index >= 15 is 0 Å². The zero-order valence-corrected chi connectivity index (χ0v) is 16.4. The molecule has 0 amide bonds. The van der Waals surface area contributed by atoms with Gasteiger partial charge in [-0.05, 0) is 56.6 Å². The van der Waals surface area contributed by atoms with Crippen LogP contribution in [0.5, 0.6) is 0 Å². The van der Waals surface area contributed by atoms with Gasteiger partial charge in [0.05, 0.1) is 12.2 Å². The van der Waals surface area contributed by atoms with Gasteiger partial charge in [-0.25, -0.2) is 0 Å². The Hall–Kier alpha value is -2.66. The third-order valence-electron chi connectivity index (χ3n) is 6.30. The van der Waals surface area contributed by atoms with E-state index in [1.54, 1.807) is 0 Å². The van der Waals surface area contributed by atoms with Crippen molar-refractivity contribution in [2.75, 3.05) is 32.7 Å². The van der Waals surface area contributed by atoms with Gasteiger partial charge in [0.25, 0.3) is 0 Å². The molecule has 3 aliphatic rings. The molecular weight excluding hydrogens is 348 g/mol. The fourth-order valence-electron chi connectivity index (χ4n) is 4.63. The zero-order chi connectivity index (χ0) is 19.1. The summed E-state index contributed by atoms with van der Waals surface area (Å²) in [6.07, 6.45) is 6.64. The second-order valence-electron chi connectivity index (χ2n) is 7.94. The molecule has 0 radical (unpaired) electrons. The minimum atomic E-state index is 0.495. The van der Waals surface area contributed by atoms with Crippen molar-refractivity contribution in [3.05, 3.63) is 65.7 Å². The van der Waals surface area contributed by atoms with Crippen LogP contribution in [0.15, 0.2) is 69.5 Å². The topological polar surface area (TPSA) is 44.9 Å². The van der Waals surface area contributed by atoms with Gasteiger partial charge < -0.3 is 14.3 Å². The van der Waals surface area contributed by atoms with Crippen molar-refractivity contribution >= 4 is 16.7 Å². The Kier molecular flexibility index (Phi) is 4.40. The van der Waals surface area contributed by atoms with Crippen molar-refractivity contribution < 1.29 is 4.52 Å². The molecule has 144 valence electrons. The van der Waals surface area contributed by atoms with Crippen LogP contribution in [0.4, 0.5) is 0 Å². The molecule has 4 heterocycles. The molecule has 1 fully saturated rings. The lowest BCUT2D eigenvalue weighted by atomic mass is 9.91. The molecule has 0 N–H and O–H groups in total. The minimum absolute atomic E-state index is 0.495. The van der Waals surface area contributed by atoms with E-state index in [-0.39, 0.29) is 0 Å². The van der Waals surface area contributed by atoms with E-state index in [1.165, 1.54) is 16.5 Å². The second kappa shape index (κ2) is 7.06. The Morgan fingerprint density at radius 3 is 2.86 bits per heavy atom. The summed E-state index contributed by atoms with van der Waals surface area (Å²) in [5.41, 5.74) is 6.81. The summed E-state index contributed by atoms with van der Waals surface area (Å²) in [6.45, 7) is 11.4. The quantitative estimate of drug-likeness (QED) is 0.807. The lowest BCUT2D eigenvalue weighted by Crippen LogP contribution is -2.38. The summed E-state index contributed by atoms with van der Waals surface area (Å²) in [5, 5.41) is 5.55. The largest absolute Gasteiger partial charge is 0.356 e. The van der Waals surface area contributed by atoms with Crippen molar-refractivity contribution in [2.45, 2.75) is 25.7 Å². The van der Waals surface area contributed by atoms with Crippen LogP contribution >= 0.6 is 0 Å². The highest BCUT2D eigenvalue weighted by Crippen LogP contribution is 2.33. The highest BCUT2D eigenvalue weighted by Gasteiger charge is 2.27. The molecule has 3 aliphatic heterocycles. The molecule has 0 atom stereocenters. The van der Waals surface area contributed by atoms with Crippen LogP contribution in [0.25, 0.3) is 11.0 Å². The molecule has 28 heavy (non-hydrogen) atoms. The van der Waals surface area contributed by atoms with E-state index < -0.39 is 0 Å². The van der Waals surface area contributed by atoms with Gasteiger partial charge in [0, 0.05) is 47.6 Å². The second-order valence-corrected chi connectivity index (χ2v) is 7.94. The van der Waals surface area contributed by atoms with E-state index in [9.17, 15) is 0 Å². The highest BCUT2D eigenvalue weighted by molar-refractivity contribution is 6.05. The van der Waals surface area contributed by atoms with Crippen LogP contribution in [-0.4, -0.2) is 53.4 Å². The Balaban J connectivity index is 1.17. The normalized spacial score (nSPS) is 21.0. The molecule has 1 aromatic carbocycles. The number of para-hydroxylation sites is 1. The van der Waals surface area contributed by atoms with Crippen LogP contribution in [0.2, 0.25) is 0 Å². The number of hydrogen-bond acceptors (Lipinski definition) is 5. The molecule has 0 aliphatic carbocycles. The Morgan fingerprint density at radius 1 is 1.18 bits per heavy atom. The Labute approximate surface area is 165 Å². The Bertz CT molecular complexity index is 1000. The Morgan fingerprint density at radius 2 is 2.00 bits per heavy atom. The van der Waals surface area contributed by atoms with Crippen molar-refractivity contribution in [1.29, 1.82) is 0 Å². The van der Waals surface area contributed by atoms with Crippen LogP contribution in [0.1, 0.15) is 31.4 Å². The number of hydrogen-bond donors (Lipinski definition) is 0. The fourth-order valence-corrected chi connectivity index (χ4v) is 4.63. The third kappa shape index (κ3) is 3.00. The summed E-state index contributed by atoms with van der Waals surface area (Å²) in [6, 6.07) is 8.19. The first-order valence-electron chi connectivity index (χ1n) is 10.2. The van der Waals surface area contributed by atoms with E-state index in [1.807, 2.05) is 12.1 Å². The van der Waals surface area contributed by atoms with Gasteiger partial charge in [-0.15, -0.1) is 0 Å². The first kappa shape index (κ1) is 17.4. The van der Waals surface area contributed by atoms with Crippen molar-refractivity contribution in [2.24, 2.45) is 4.99 Å². The van der Waals surface area contributed by atoms with Crippen LogP contribution in [-0.2, 0) is 0 Å². The van der Waals surface area contributed by atoms with Crippen LogP contribution < -0.4 is 0 Å². The SMILES string of the molecule is C=C1C2=C(C=CN1CCN1CCC(c3noc4ccccc34)CC1)CN=C2C. The van der Waals surface area contributed by atoms with Gasteiger partial charge in [0.1, 0.15) is 0 Å². The van der Waals surface area contributed by atoms with E-state index in [0.29, 0.717) is 5.92 Å². The van der Waals surface area contributed by atoms with E-state index in [0.717, 1.165) is 68.3 Å². The maximum Gasteiger partial charge on any atom is 0.167 e. The molecular formula is C23H26N4O. The average molecular weight is 374 g/mol. The van der Waals surface area contributed by atoms with Gasteiger partial charge in [-0.1, -0.05) is 23.9 Å². The molecule has 2 aromatic rings. The zero-order valence-electron chi connectivity index (χ0n) is 16.4. The fraction of sp³-hybridized carbons (Fsp3) is 0.391. The summed E-state index contributed by atoms with van der Waals surface area (Å²) >= 11 is 0. The minimum Gasteiger partial charge on any atom is -0.356 e. The predicted octanol–water partition coefficient (Wildman–Crippen LogP) is 4.12. The van der Waals surface area contributed by atoms with Crippen molar-refractivity contribution in [1.82, 2.24) is 15.0 Å². The molecule has 5 heteroatoms. The molecule has 1 aromatic heterocycles. The molecule has 0 bridgehead atoms. The van der Waals surface area contributed by atoms with E-state index in [2.05, 4.69) is 57.9 Å². The molecule has 5 rings (SSSR count). The number of rotatable bonds is 4. The molecule has 0 saturated carbocycles. The number of piperidine rings is 1. The summed E-state index contributed by atoms with van der Waals surface area (Å²) in [7, 11) is 0. The van der Waals surface area contributed by atoms with Gasteiger partial charge >= 0.3 is 0 Å². The molecule has 0 spiro atoms. The highest BCUT2D eigenvalue weighted by atomic mass is 16.5. The van der Waals surface area contributed by atoms with Gasteiger partial charge in [-0.2, -0.15) is 0 Å². The number of aromatic nitrogens is 1. The summed E-state index contributed by atoms with van der Waals surface area (Å²) < 4.78 is 5.51. The van der Waals surface area contributed by atoms with Gasteiger partial charge in [0.15, 0.2) is 5.58 Å². The first-order chi connectivity index (χ1) is 13.7. The lowest BCUT2D eigenvalue weighted by molar-refractivity contribution is 0.197. The van der Waals surface area contributed by atoms with Crippen LogP contribution in [0.3, 0.4) is 0 Å². The number of aliphatic imine (C=N–C) groups is 1. The predicted molar refractivity (Wildman–Crippen MR) is 112 cm³/mol.